The normalized spacial score (nSPS) is 25.2. The summed E-state index contributed by atoms with van der Waals surface area (Å²) in [7, 11) is 2.12. The molecule has 39 heavy (non-hydrogen) atoms. The second-order valence-electron chi connectivity index (χ2n) is 11.2. The van der Waals surface area contributed by atoms with Crippen molar-refractivity contribution in [2.75, 3.05) is 32.9 Å². The number of aryl methyl sites for hydroxylation is 2. The number of carbonyl (C=O) groups is 1. The second kappa shape index (κ2) is 14.1. The Labute approximate surface area is 237 Å². The van der Waals surface area contributed by atoms with Gasteiger partial charge < -0.3 is 30.3 Å². The van der Waals surface area contributed by atoms with Crippen molar-refractivity contribution >= 4 is 17.7 Å². The van der Waals surface area contributed by atoms with Crippen LogP contribution in [0.5, 0.6) is 0 Å². The number of aliphatic hydroxyl groups is 3. The molecule has 0 aromatic heterocycles. The van der Waals surface area contributed by atoms with Gasteiger partial charge in [0.15, 0.2) is 0 Å². The maximum atomic E-state index is 12.2. The van der Waals surface area contributed by atoms with E-state index in [0.717, 1.165) is 55.0 Å². The number of hydrogen-bond donors (Lipinski definition) is 4. The number of benzene rings is 2. The first-order valence-electron chi connectivity index (χ1n) is 14.1. The zero-order valence-electron chi connectivity index (χ0n) is 23.4. The SMILES string of the molecule is CS[C@H]1O[C@@H](c2ccc(C)c(Cc3ccc(CCCC(=O)NCCN(C)CC4CC4)cc3)c2)[C@H](O)[C@@H](O)[C@@H]1O. The van der Waals surface area contributed by atoms with Gasteiger partial charge in [-0.1, -0.05) is 42.5 Å². The van der Waals surface area contributed by atoms with Gasteiger partial charge in [0.05, 0.1) is 0 Å². The lowest BCUT2D eigenvalue weighted by Gasteiger charge is -2.40. The first kappa shape index (κ1) is 30.0. The van der Waals surface area contributed by atoms with Gasteiger partial charge in [0.1, 0.15) is 29.9 Å². The van der Waals surface area contributed by atoms with Crippen LogP contribution in [0, 0.1) is 12.8 Å². The van der Waals surface area contributed by atoms with Crippen LogP contribution in [0.4, 0.5) is 0 Å². The van der Waals surface area contributed by atoms with Gasteiger partial charge in [0.2, 0.25) is 5.91 Å². The highest BCUT2D eigenvalue weighted by atomic mass is 32.2. The Morgan fingerprint density at radius 2 is 1.77 bits per heavy atom. The monoisotopic (exact) mass is 556 g/mol. The fourth-order valence-corrected chi connectivity index (χ4v) is 5.85. The highest BCUT2D eigenvalue weighted by Crippen LogP contribution is 2.36. The summed E-state index contributed by atoms with van der Waals surface area (Å²) in [6, 6.07) is 14.5. The summed E-state index contributed by atoms with van der Waals surface area (Å²) in [5.74, 6) is 0.995. The van der Waals surface area contributed by atoms with Crippen LogP contribution >= 0.6 is 11.8 Å². The van der Waals surface area contributed by atoms with Crippen molar-refractivity contribution in [3.05, 3.63) is 70.3 Å². The molecule has 5 atom stereocenters. The second-order valence-corrected chi connectivity index (χ2v) is 12.2. The minimum atomic E-state index is -1.26. The number of nitrogens with zero attached hydrogens (tertiary/aromatic N) is 1. The number of ether oxygens (including phenoxy) is 1. The quantitative estimate of drug-likeness (QED) is 0.301. The predicted molar refractivity (Wildman–Crippen MR) is 156 cm³/mol. The lowest BCUT2D eigenvalue weighted by atomic mass is 9.91. The predicted octanol–water partition coefficient (Wildman–Crippen LogP) is 3.21. The van der Waals surface area contributed by atoms with Gasteiger partial charge in [0, 0.05) is 26.1 Å². The van der Waals surface area contributed by atoms with Gasteiger partial charge in [-0.2, -0.15) is 0 Å². The molecule has 214 valence electrons. The van der Waals surface area contributed by atoms with Gasteiger partial charge in [-0.15, -0.1) is 11.8 Å². The summed E-state index contributed by atoms with van der Waals surface area (Å²) in [5, 5.41) is 34.1. The molecule has 4 N–H and O–H groups in total. The molecule has 7 nitrogen and oxygen atoms in total. The summed E-state index contributed by atoms with van der Waals surface area (Å²) >= 11 is 1.32. The zero-order valence-corrected chi connectivity index (χ0v) is 24.2. The van der Waals surface area contributed by atoms with Crippen molar-refractivity contribution in [1.29, 1.82) is 0 Å². The molecule has 2 aliphatic rings. The molecule has 0 bridgehead atoms. The lowest BCUT2D eigenvalue weighted by Crippen LogP contribution is -2.52. The molecular formula is C31H44N2O5S. The van der Waals surface area contributed by atoms with E-state index in [9.17, 15) is 20.1 Å². The Bertz CT molecular complexity index is 1080. The zero-order chi connectivity index (χ0) is 27.9. The molecular weight excluding hydrogens is 512 g/mol. The molecule has 1 heterocycles. The number of rotatable bonds is 13. The Morgan fingerprint density at radius 3 is 2.46 bits per heavy atom. The summed E-state index contributed by atoms with van der Waals surface area (Å²) in [6.45, 7) is 4.82. The molecule has 1 amide bonds. The Hall–Kier alpha value is -1.94. The van der Waals surface area contributed by atoms with Crippen molar-refractivity contribution in [2.24, 2.45) is 5.92 Å². The van der Waals surface area contributed by atoms with Crippen molar-refractivity contribution in [2.45, 2.75) is 75.3 Å². The van der Waals surface area contributed by atoms with E-state index in [2.05, 4.69) is 48.5 Å². The van der Waals surface area contributed by atoms with Crippen LogP contribution in [-0.2, 0) is 22.4 Å². The van der Waals surface area contributed by atoms with Crippen molar-refractivity contribution in [1.82, 2.24) is 10.2 Å². The topological polar surface area (TPSA) is 102 Å². The molecule has 1 saturated carbocycles. The molecule has 2 aromatic rings. The van der Waals surface area contributed by atoms with Crippen LogP contribution in [0.15, 0.2) is 42.5 Å². The van der Waals surface area contributed by atoms with Crippen molar-refractivity contribution in [3.8, 4) is 0 Å². The van der Waals surface area contributed by atoms with Gasteiger partial charge in [0.25, 0.3) is 0 Å². The van der Waals surface area contributed by atoms with E-state index in [1.807, 2.05) is 24.5 Å². The third-order valence-electron chi connectivity index (χ3n) is 7.87. The van der Waals surface area contributed by atoms with Crippen LogP contribution < -0.4 is 5.32 Å². The Kier molecular flexibility index (Phi) is 10.9. The smallest absolute Gasteiger partial charge is 0.220 e. The number of carbonyl (C=O) groups excluding carboxylic acids is 1. The number of amides is 1. The highest BCUT2D eigenvalue weighted by Gasteiger charge is 2.44. The molecule has 0 radical (unpaired) electrons. The summed E-state index contributed by atoms with van der Waals surface area (Å²) in [5.41, 5.74) is 4.84. The van der Waals surface area contributed by atoms with E-state index in [1.54, 1.807) is 0 Å². The first-order valence-corrected chi connectivity index (χ1v) is 15.4. The molecule has 0 unspecified atom stereocenters. The third-order valence-corrected chi connectivity index (χ3v) is 8.73. The maximum absolute atomic E-state index is 12.2. The van der Waals surface area contributed by atoms with Gasteiger partial charge >= 0.3 is 0 Å². The molecule has 2 fully saturated rings. The van der Waals surface area contributed by atoms with Crippen LogP contribution in [0.1, 0.15) is 59.6 Å². The number of likely N-dealkylation sites (N-methyl/N-ethyl adjacent to an activating group) is 1. The van der Waals surface area contributed by atoms with E-state index in [1.165, 1.54) is 35.7 Å². The minimum absolute atomic E-state index is 0.125. The van der Waals surface area contributed by atoms with E-state index >= 15 is 0 Å². The number of thioether (sulfide) groups is 1. The lowest BCUT2D eigenvalue weighted by molar-refractivity contribution is -0.200. The summed E-state index contributed by atoms with van der Waals surface area (Å²) < 4.78 is 5.95. The van der Waals surface area contributed by atoms with Gasteiger partial charge in [-0.25, -0.2) is 0 Å². The molecule has 0 spiro atoms. The molecule has 2 aromatic carbocycles. The Morgan fingerprint density at radius 1 is 1.05 bits per heavy atom. The summed E-state index contributed by atoms with van der Waals surface area (Å²) in [4.78, 5) is 14.5. The third kappa shape index (κ3) is 8.52. The van der Waals surface area contributed by atoms with E-state index in [4.69, 9.17) is 4.74 Å². The highest BCUT2D eigenvalue weighted by molar-refractivity contribution is 7.99. The average molecular weight is 557 g/mol. The fourth-order valence-electron chi connectivity index (χ4n) is 5.18. The minimum Gasteiger partial charge on any atom is -0.387 e. The number of hydrogen-bond acceptors (Lipinski definition) is 7. The summed E-state index contributed by atoms with van der Waals surface area (Å²) in [6.07, 6.45) is 3.18. The molecule has 4 rings (SSSR count). The van der Waals surface area contributed by atoms with Crippen molar-refractivity contribution in [3.63, 3.8) is 0 Å². The van der Waals surface area contributed by atoms with Gasteiger partial charge in [-0.05, 0) is 86.1 Å². The fraction of sp³-hybridized carbons (Fsp3) is 0.581. The van der Waals surface area contributed by atoms with Crippen LogP contribution in [0.3, 0.4) is 0 Å². The number of nitrogens with one attached hydrogen (secondary N) is 1. The van der Waals surface area contributed by atoms with Crippen LogP contribution in [0.25, 0.3) is 0 Å². The molecule has 8 heteroatoms. The van der Waals surface area contributed by atoms with E-state index in [-0.39, 0.29) is 5.91 Å². The number of aliphatic hydroxyl groups excluding tert-OH is 3. The molecule has 1 aliphatic carbocycles. The molecule has 1 aliphatic heterocycles. The van der Waals surface area contributed by atoms with Crippen molar-refractivity contribution < 1.29 is 24.9 Å². The average Bonchev–Trinajstić information content (AvgIpc) is 3.74. The largest absolute Gasteiger partial charge is 0.387 e. The molecule has 1 saturated heterocycles. The Balaban J connectivity index is 1.25. The van der Waals surface area contributed by atoms with E-state index in [0.29, 0.717) is 13.0 Å². The van der Waals surface area contributed by atoms with Gasteiger partial charge in [-0.3, -0.25) is 4.79 Å². The first-order chi connectivity index (χ1) is 18.7. The standard InChI is InChI=1S/C31H44N2O5S/c1-20-7-14-24(30-28(36)27(35)29(37)31(38-30)39-3)18-25(20)17-22-10-8-21(9-11-22)5-4-6-26(34)32-15-16-33(2)19-23-12-13-23/h7-11,14,18,23,27-31,35-37H,4-6,12-13,15-17,19H2,1-3H3,(H,32,34)/t27-,28-,29+,30+,31-/m1/s1. The van der Waals surface area contributed by atoms with Crippen LogP contribution in [-0.4, -0.2) is 82.8 Å². The van der Waals surface area contributed by atoms with Crippen LogP contribution in [0.2, 0.25) is 0 Å². The van der Waals surface area contributed by atoms with E-state index < -0.39 is 29.9 Å². The maximum Gasteiger partial charge on any atom is 0.220 e.